The molecule has 3 N–H and O–H groups in total. The maximum Gasteiger partial charge on any atom is 0.275 e. The molecule has 0 aliphatic rings. The normalized spacial score (nSPS) is 10.8. The highest BCUT2D eigenvalue weighted by atomic mass is 79.9. The van der Waals surface area contributed by atoms with Crippen LogP contribution in [0.3, 0.4) is 0 Å². The number of nitro benzene ring substituents is 1. The van der Waals surface area contributed by atoms with E-state index in [0.29, 0.717) is 14.5 Å². The van der Waals surface area contributed by atoms with Crippen LogP contribution in [0.2, 0.25) is 0 Å². The van der Waals surface area contributed by atoms with Gasteiger partial charge in [-0.3, -0.25) is 14.9 Å². The average Bonchev–Trinajstić information content (AvgIpc) is 2.52. The summed E-state index contributed by atoms with van der Waals surface area (Å²) in [5.74, 6) is -1.18. The van der Waals surface area contributed by atoms with E-state index in [4.69, 9.17) is 0 Å². The molecule has 2 aromatic rings. The van der Waals surface area contributed by atoms with Gasteiger partial charge in [-0.15, -0.1) is 0 Å². The van der Waals surface area contributed by atoms with E-state index in [9.17, 15) is 25.1 Å². The summed E-state index contributed by atoms with van der Waals surface area (Å²) in [6, 6.07) is 6.24. The molecule has 1 amide bonds. The highest BCUT2D eigenvalue weighted by molar-refractivity contribution is 9.11. The molecule has 2 aromatic carbocycles. The van der Waals surface area contributed by atoms with Crippen molar-refractivity contribution < 1.29 is 19.9 Å². The molecule has 2 rings (SSSR count). The number of hydrazone groups is 1. The van der Waals surface area contributed by atoms with Gasteiger partial charge in [-0.2, -0.15) is 5.10 Å². The summed E-state index contributed by atoms with van der Waals surface area (Å²) in [5, 5.41) is 33.7. The fourth-order valence-corrected chi connectivity index (χ4v) is 2.93. The van der Waals surface area contributed by atoms with E-state index in [1.807, 2.05) is 0 Å². The second kappa shape index (κ2) is 7.41. The zero-order chi connectivity index (χ0) is 17.9. The molecule has 0 atom stereocenters. The van der Waals surface area contributed by atoms with E-state index in [0.717, 1.165) is 18.2 Å². The van der Waals surface area contributed by atoms with Gasteiger partial charge in [-0.25, -0.2) is 5.43 Å². The van der Waals surface area contributed by atoms with E-state index >= 15 is 0 Å². The number of phenols is 2. The van der Waals surface area contributed by atoms with Gasteiger partial charge in [0.1, 0.15) is 11.5 Å². The molecule has 8 nitrogen and oxygen atoms in total. The predicted molar refractivity (Wildman–Crippen MR) is 93.3 cm³/mol. The molecule has 0 saturated carbocycles. The summed E-state index contributed by atoms with van der Waals surface area (Å²) < 4.78 is 0.863. The topological polar surface area (TPSA) is 125 Å². The molecule has 0 saturated heterocycles. The lowest BCUT2D eigenvalue weighted by Crippen LogP contribution is -2.18. The molecule has 0 aromatic heterocycles. The Morgan fingerprint density at radius 2 is 1.83 bits per heavy atom. The Bertz CT molecular complexity index is 831. The Hall–Kier alpha value is -2.46. The first-order valence-electron chi connectivity index (χ1n) is 6.28. The molecule has 0 aliphatic carbocycles. The number of hydrogen-bond acceptors (Lipinski definition) is 6. The lowest BCUT2D eigenvalue weighted by Gasteiger charge is -2.04. The Labute approximate surface area is 152 Å². The largest absolute Gasteiger partial charge is 0.507 e. The highest BCUT2D eigenvalue weighted by Gasteiger charge is 2.16. The molecule has 0 unspecified atom stereocenters. The molecule has 0 fully saturated rings. The molecular weight excluding hydrogens is 450 g/mol. The number of benzene rings is 2. The third kappa shape index (κ3) is 4.09. The van der Waals surface area contributed by atoms with Crippen molar-refractivity contribution >= 4 is 49.7 Å². The van der Waals surface area contributed by atoms with Crippen molar-refractivity contribution in [2.24, 2.45) is 5.10 Å². The van der Waals surface area contributed by atoms with Crippen LogP contribution in [0.25, 0.3) is 0 Å². The Morgan fingerprint density at radius 3 is 2.42 bits per heavy atom. The summed E-state index contributed by atoms with van der Waals surface area (Å²) in [7, 11) is 0. The summed E-state index contributed by atoms with van der Waals surface area (Å²) >= 11 is 6.32. The van der Waals surface area contributed by atoms with Gasteiger partial charge < -0.3 is 10.2 Å². The van der Waals surface area contributed by atoms with Crippen LogP contribution < -0.4 is 5.43 Å². The first kappa shape index (κ1) is 17.9. The van der Waals surface area contributed by atoms with Crippen molar-refractivity contribution in [3.8, 4) is 11.5 Å². The van der Waals surface area contributed by atoms with E-state index in [1.54, 1.807) is 12.1 Å². The standard InChI is InChI=1S/C14H9Br2N3O5/c15-10-3-7(4-11(16)13(10)21)6-17-18-14(22)9-5-8(19(23)24)1-2-12(9)20/h1-6,20-21H,(H,18,22)/b17-6-. The fraction of sp³-hybridized carbons (Fsp3) is 0. The number of hydrogen-bond donors (Lipinski definition) is 3. The number of halogens is 2. The number of aromatic hydroxyl groups is 2. The van der Waals surface area contributed by atoms with Crippen molar-refractivity contribution in [3.63, 3.8) is 0 Å². The van der Waals surface area contributed by atoms with Crippen LogP contribution in [-0.2, 0) is 0 Å². The van der Waals surface area contributed by atoms with Crippen LogP contribution in [0.5, 0.6) is 11.5 Å². The number of carbonyl (C=O) groups excluding carboxylic acids is 1. The third-order valence-corrected chi connectivity index (χ3v) is 4.06. The number of amides is 1. The second-order valence-electron chi connectivity index (χ2n) is 4.49. The van der Waals surface area contributed by atoms with Gasteiger partial charge in [0.25, 0.3) is 11.6 Å². The summed E-state index contributed by atoms with van der Waals surface area (Å²) in [6.07, 6.45) is 1.31. The Morgan fingerprint density at radius 1 is 1.21 bits per heavy atom. The zero-order valence-corrected chi connectivity index (χ0v) is 14.9. The van der Waals surface area contributed by atoms with Crippen molar-refractivity contribution in [2.45, 2.75) is 0 Å². The average molecular weight is 459 g/mol. The summed E-state index contributed by atoms with van der Waals surface area (Å²) in [4.78, 5) is 22.0. The molecule has 0 aliphatic heterocycles. The van der Waals surface area contributed by atoms with Crippen molar-refractivity contribution in [1.29, 1.82) is 0 Å². The number of non-ortho nitro benzene ring substituents is 1. The number of phenolic OH excluding ortho intramolecular Hbond substituents is 2. The summed E-state index contributed by atoms with van der Waals surface area (Å²) in [5.41, 5.74) is 2.13. The molecule has 0 bridgehead atoms. The smallest absolute Gasteiger partial charge is 0.275 e. The minimum Gasteiger partial charge on any atom is -0.507 e. The van der Waals surface area contributed by atoms with E-state index in [2.05, 4.69) is 42.4 Å². The molecule has 0 radical (unpaired) electrons. The van der Waals surface area contributed by atoms with Crippen molar-refractivity contribution in [2.75, 3.05) is 0 Å². The number of rotatable bonds is 4. The second-order valence-corrected chi connectivity index (χ2v) is 6.20. The lowest BCUT2D eigenvalue weighted by atomic mass is 10.1. The van der Waals surface area contributed by atoms with Gasteiger partial charge in [-0.05, 0) is 55.6 Å². The Balaban J connectivity index is 2.16. The predicted octanol–water partition coefficient (Wildman–Crippen LogP) is 3.29. The minimum atomic E-state index is -0.802. The van der Waals surface area contributed by atoms with E-state index < -0.39 is 16.6 Å². The maximum absolute atomic E-state index is 12.0. The van der Waals surface area contributed by atoms with Gasteiger partial charge in [0.2, 0.25) is 0 Å². The highest BCUT2D eigenvalue weighted by Crippen LogP contribution is 2.32. The molecule has 0 heterocycles. The first-order chi connectivity index (χ1) is 11.3. The number of carbonyl (C=O) groups is 1. The van der Waals surface area contributed by atoms with Crippen LogP contribution in [0, 0.1) is 10.1 Å². The first-order valence-corrected chi connectivity index (χ1v) is 7.87. The lowest BCUT2D eigenvalue weighted by molar-refractivity contribution is -0.384. The minimum absolute atomic E-state index is 0.0257. The van der Waals surface area contributed by atoms with Crippen LogP contribution in [0.1, 0.15) is 15.9 Å². The fourth-order valence-electron chi connectivity index (χ4n) is 1.70. The van der Waals surface area contributed by atoms with Crippen LogP contribution in [0.15, 0.2) is 44.4 Å². The maximum atomic E-state index is 12.0. The van der Waals surface area contributed by atoms with Crippen molar-refractivity contribution in [3.05, 3.63) is 60.5 Å². The number of nitrogens with zero attached hydrogens (tertiary/aromatic N) is 2. The SMILES string of the molecule is O=C(N/N=C\c1cc(Br)c(O)c(Br)c1)c1cc([N+](=O)[O-])ccc1O. The molecule has 24 heavy (non-hydrogen) atoms. The number of nitrogens with one attached hydrogen (secondary N) is 1. The number of nitro groups is 1. The molecule has 10 heteroatoms. The van der Waals surface area contributed by atoms with Gasteiger partial charge in [0.15, 0.2) is 0 Å². The quantitative estimate of drug-likeness (QED) is 0.368. The van der Waals surface area contributed by atoms with Gasteiger partial charge in [0.05, 0.1) is 25.6 Å². The van der Waals surface area contributed by atoms with Gasteiger partial charge in [-0.1, -0.05) is 0 Å². The molecule has 0 spiro atoms. The van der Waals surface area contributed by atoms with Crippen molar-refractivity contribution in [1.82, 2.24) is 5.43 Å². The van der Waals surface area contributed by atoms with E-state index in [1.165, 1.54) is 6.21 Å². The van der Waals surface area contributed by atoms with Crippen LogP contribution in [-0.4, -0.2) is 27.3 Å². The third-order valence-electron chi connectivity index (χ3n) is 2.85. The molecule has 124 valence electrons. The Kier molecular flexibility index (Phi) is 5.52. The van der Waals surface area contributed by atoms with Crippen LogP contribution >= 0.6 is 31.9 Å². The molecular formula is C14H9Br2N3O5. The van der Waals surface area contributed by atoms with Gasteiger partial charge in [0, 0.05) is 12.1 Å². The monoisotopic (exact) mass is 457 g/mol. The van der Waals surface area contributed by atoms with E-state index in [-0.39, 0.29) is 17.0 Å². The van der Waals surface area contributed by atoms with Gasteiger partial charge >= 0.3 is 0 Å². The zero-order valence-electron chi connectivity index (χ0n) is 11.7. The summed E-state index contributed by atoms with van der Waals surface area (Å²) in [6.45, 7) is 0. The van der Waals surface area contributed by atoms with Crippen LogP contribution in [0.4, 0.5) is 5.69 Å².